The molecule has 3 aromatic heterocycles. The minimum atomic E-state index is -0.499. The van der Waals surface area contributed by atoms with Gasteiger partial charge < -0.3 is 15.0 Å². The predicted octanol–water partition coefficient (Wildman–Crippen LogP) is 4.71. The number of amides is 1. The van der Waals surface area contributed by atoms with E-state index in [1.807, 2.05) is 49.0 Å². The number of hydrogen-bond donors (Lipinski definition) is 1. The number of hydrogen-bond acceptors (Lipinski definition) is 8. The molecule has 0 radical (unpaired) electrons. The fraction of sp³-hybridized carbons (Fsp3) is 0.393. The van der Waals surface area contributed by atoms with Crippen molar-refractivity contribution in [2.24, 2.45) is 7.05 Å². The van der Waals surface area contributed by atoms with Crippen LogP contribution < -0.4 is 5.32 Å². The lowest BCUT2D eigenvalue weighted by atomic mass is 10.0. The van der Waals surface area contributed by atoms with Crippen LogP contribution in [0.25, 0.3) is 22.2 Å². The van der Waals surface area contributed by atoms with Crippen LogP contribution in [0.2, 0.25) is 0 Å². The van der Waals surface area contributed by atoms with Gasteiger partial charge in [0.25, 0.3) is 0 Å². The third-order valence-corrected chi connectivity index (χ3v) is 6.81. The van der Waals surface area contributed by atoms with E-state index in [1.165, 1.54) is 6.20 Å². The number of aromatic nitrogens is 5. The molecule has 39 heavy (non-hydrogen) atoms. The second-order valence-electron chi connectivity index (χ2n) is 9.92. The molecule has 0 aliphatic carbocycles. The zero-order valence-electron chi connectivity index (χ0n) is 22.7. The van der Waals surface area contributed by atoms with E-state index >= 15 is 0 Å². The number of nitrogens with zero attached hydrogens (tertiary/aromatic N) is 7. The van der Waals surface area contributed by atoms with Crippen LogP contribution >= 0.6 is 0 Å². The molecule has 1 N–H and O–H groups in total. The van der Waals surface area contributed by atoms with E-state index in [0.717, 1.165) is 41.8 Å². The number of pyridine rings is 1. The summed E-state index contributed by atoms with van der Waals surface area (Å²) in [6.07, 6.45) is 2.72. The van der Waals surface area contributed by atoms with Crippen molar-refractivity contribution in [1.82, 2.24) is 34.5 Å². The Morgan fingerprint density at radius 3 is 2.59 bits per heavy atom. The highest BCUT2D eigenvalue weighted by Crippen LogP contribution is 2.30. The van der Waals surface area contributed by atoms with Crippen molar-refractivity contribution in [1.29, 1.82) is 0 Å². The first-order chi connectivity index (χ1) is 18.8. The molecule has 10 nitrogen and oxygen atoms in total. The number of ether oxygens (including phenoxy) is 1. The number of piperazine rings is 1. The quantitative estimate of drug-likeness (QED) is 0.365. The summed E-state index contributed by atoms with van der Waals surface area (Å²) in [4.78, 5) is 29.0. The Hall–Kier alpha value is -4.12. The van der Waals surface area contributed by atoms with Gasteiger partial charge in [0.1, 0.15) is 11.5 Å². The van der Waals surface area contributed by atoms with Crippen molar-refractivity contribution < 1.29 is 13.9 Å². The number of halogens is 1. The zero-order chi connectivity index (χ0) is 27.5. The van der Waals surface area contributed by atoms with E-state index in [4.69, 9.17) is 4.74 Å². The summed E-state index contributed by atoms with van der Waals surface area (Å²) in [6, 6.07) is 9.50. The van der Waals surface area contributed by atoms with Gasteiger partial charge in [-0.3, -0.25) is 9.58 Å². The Kier molecular flexibility index (Phi) is 7.69. The van der Waals surface area contributed by atoms with Crippen molar-refractivity contribution in [3.8, 4) is 11.3 Å². The fourth-order valence-corrected chi connectivity index (χ4v) is 4.95. The minimum Gasteiger partial charge on any atom is -0.450 e. The summed E-state index contributed by atoms with van der Waals surface area (Å²) in [5, 5.41) is 8.64. The van der Waals surface area contributed by atoms with Crippen LogP contribution in [-0.4, -0.2) is 73.4 Å². The normalized spacial score (nSPS) is 14.3. The molecule has 1 amide bonds. The van der Waals surface area contributed by atoms with E-state index < -0.39 is 5.82 Å². The van der Waals surface area contributed by atoms with Gasteiger partial charge in [-0.2, -0.15) is 5.10 Å². The van der Waals surface area contributed by atoms with Gasteiger partial charge in [-0.25, -0.2) is 24.1 Å². The van der Waals surface area contributed by atoms with Crippen LogP contribution in [0.4, 0.5) is 21.0 Å². The number of carbonyl (C=O) groups is 1. The molecule has 0 bridgehead atoms. The van der Waals surface area contributed by atoms with Gasteiger partial charge in [0.15, 0.2) is 5.82 Å². The van der Waals surface area contributed by atoms with Crippen LogP contribution in [0.15, 0.2) is 42.7 Å². The summed E-state index contributed by atoms with van der Waals surface area (Å²) in [5.74, 6) is 0.595. The molecular formula is C28H33FN8O2. The largest absolute Gasteiger partial charge is 0.450 e. The molecule has 0 atom stereocenters. The molecule has 1 aliphatic heterocycles. The van der Waals surface area contributed by atoms with Crippen molar-refractivity contribution in [3.05, 3.63) is 59.8 Å². The number of aryl methyl sites for hydroxylation is 1. The van der Waals surface area contributed by atoms with E-state index in [9.17, 15) is 9.18 Å². The number of benzene rings is 1. The Morgan fingerprint density at radius 1 is 1.10 bits per heavy atom. The van der Waals surface area contributed by atoms with Crippen LogP contribution in [0.3, 0.4) is 0 Å². The molecule has 11 heteroatoms. The van der Waals surface area contributed by atoms with Crippen LogP contribution in [0, 0.1) is 5.82 Å². The molecule has 1 aliphatic rings. The lowest BCUT2D eigenvalue weighted by Gasteiger charge is -2.33. The first-order valence-electron chi connectivity index (χ1n) is 13.2. The molecule has 0 spiro atoms. The highest BCUT2D eigenvalue weighted by molar-refractivity contribution is 5.87. The summed E-state index contributed by atoms with van der Waals surface area (Å²) in [6.45, 7) is 9.98. The van der Waals surface area contributed by atoms with Gasteiger partial charge >= 0.3 is 6.09 Å². The van der Waals surface area contributed by atoms with E-state index in [2.05, 4.69) is 44.1 Å². The number of carbonyl (C=O) groups excluding carboxylic acids is 1. The molecule has 0 unspecified atom stereocenters. The molecule has 1 fully saturated rings. The Bertz CT molecular complexity index is 1460. The molecule has 1 saturated heterocycles. The maximum Gasteiger partial charge on any atom is 0.409 e. The first kappa shape index (κ1) is 26.5. The van der Waals surface area contributed by atoms with Gasteiger partial charge in [0, 0.05) is 62.6 Å². The highest BCUT2D eigenvalue weighted by Gasteiger charge is 2.22. The average molecular weight is 533 g/mol. The Morgan fingerprint density at radius 2 is 1.90 bits per heavy atom. The van der Waals surface area contributed by atoms with Crippen LogP contribution in [0.5, 0.6) is 0 Å². The number of rotatable bonds is 7. The van der Waals surface area contributed by atoms with Gasteiger partial charge in [0.05, 0.1) is 18.3 Å². The van der Waals surface area contributed by atoms with Gasteiger partial charge in [-0.1, -0.05) is 26.0 Å². The van der Waals surface area contributed by atoms with Crippen molar-refractivity contribution >= 4 is 28.8 Å². The smallest absolute Gasteiger partial charge is 0.409 e. The highest BCUT2D eigenvalue weighted by atomic mass is 19.1. The van der Waals surface area contributed by atoms with E-state index in [0.29, 0.717) is 31.1 Å². The zero-order valence-corrected chi connectivity index (χ0v) is 22.7. The summed E-state index contributed by atoms with van der Waals surface area (Å²) in [7, 11) is 1.92. The molecule has 204 valence electrons. The monoisotopic (exact) mass is 532 g/mol. The average Bonchev–Trinajstić information content (AvgIpc) is 3.26. The van der Waals surface area contributed by atoms with Gasteiger partial charge in [0.2, 0.25) is 5.95 Å². The first-order valence-corrected chi connectivity index (χ1v) is 13.2. The van der Waals surface area contributed by atoms with Gasteiger partial charge in [-0.05, 0) is 36.6 Å². The van der Waals surface area contributed by atoms with Crippen molar-refractivity contribution in [3.63, 3.8) is 0 Å². The minimum absolute atomic E-state index is 0.214. The number of fused-ring (bicyclic) bond motifs is 1. The van der Waals surface area contributed by atoms with Crippen LogP contribution in [0.1, 0.15) is 37.9 Å². The summed E-state index contributed by atoms with van der Waals surface area (Å²) in [5.41, 5.74) is 3.88. The lowest BCUT2D eigenvalue weighted by molar-refractivity contribution is 0.0778. The molecule has 5 rings (SSSR count). The van der Waals surface area contributed by atoms with Crippen LogP contribution in [-0.2, 0) is 18.3 Å². The number of anilines is 2. The fourth-order valence-electron chi connectivity index (χ4n) is 4.95. The number of nitrogens with one attached hydrogen (secondary N) is 1. The third-order valence-electron chi connectivity index (χ3n) is 6.81. The Labute approximate surface area is 226 Å². The summed E-state index contributed by atoms with van der Waals surface area (Å²) >= 11 is 0. The van der Waals surface area contributed by atoms with E-state index in [1.54, 1.807) is 11.1 Å². The summed E-state index contributed by atoms with van der Waals surface area (Å²) < 4.78 is 21.8. The van der Waals surface area contributed by atoms with Gasteiger partial charge in [-0.15, -0.1) is 0 Å². The molecular weight excluding hydrogens is 499 g/mol. The molecule has 4 heterocycles. The maximum absolute atomic E-state index is 14.8. The predicted molar refractivity (Wildman–Crippen MR) is 147 cm³/mol. The topological polar surface area (TPSA) is 101 Å². The Balaban J connectivity index is 1.26. The third kappa shape index (κ3) is 5.83. The molecule has 1 aromatic carbocycles. The second kappa shape index (κ2) is 11.3. The van der Waals surface area contributed by atoms with Crippen molar-refractivity contribution in [2.75, 3.05) is 38.1 Å². The standard InChI is InChI=1S/C28H33FN8O2/c1-5-39-28(38)37-12-10-36(11-13-37)17-19-6-9-24(30-15-19)32-27-31-16-22(29)25(33-27)20-7-8-23-21(14-20)26(18(2)3)35(4)34-23/h6-9,14-16,18H,5,10-13,17H2,1-4H3,(H,30,31,32,33). The second-order valence-corrected chi connectivity index (χ2v) is 9.92. The molecule has 4 aromatic rings. The molecule has 0 saturated carbocycles. The van der Waals surface area contributed by atoms with Crippen molar-refractivity contribution in [2.45, 2.75) is 33.2 Å². The SMILES string of the molecule is CCOC(=O)N1CCN(Cc2ccc(Nc3ncc(F)c(-c4ccc5nn(C)c(C(C)C)c5c4)n3)nc2)CC1. The lowest BCUT2D eigenvalue weighted by Crippen LogP contribution is -2.48. The van der Waals surface area contributed by atoms with E-state index in [-0.39, 0.29) is 23.7 Å². The maximum atomic E-state index is 14.8.